The van der Waals surface area contributed by atoms with Gasteiger partial charge in [0.25, 0.3) is 0 Å². The number of ether oxygens (including phenoxy) is 1. The third-order valence-electron chi connectivity index (χ3n) is 2.96. The number of hydrogen-bond donors (Lipinski definition) is 0. The summed E-state index contributed by atoms with van der Waals surface area (Å²) in [5, 5.41) is 8.85. The molecule has 0 N–H and O–H groups in total. The average molecular weight is 341 g/mol. The smallest absolute Gasteiger partial charge is 0.0991 e. The van der Waals surface area contributed by atoms with Gasteiger partial charge in [-0.25, -0.2) is 0 Å². The first-order valence-corrected chi connectivity index (χ1v) is 7.14. The highest BCUT2D eigenvalue weighted by atomic mass is 127. The normalized spacial score (nSPS) is 14.6. The lowest BCUT2D eigenvalue weighted by Crippen LogP contribution is -2.01. The minimum absolute atomic E-state index is 0.749. The first-order valence-electron chi connectivity index (χ1n) is 6.06. The minimum Gasteiger partial charge on any atom is -0.381 e. The van der Waals surface area contributed by atoms with Crippen LogP contribution in [0.15, 0.2) is 18.2 Å². The van der Waals surface area contributed by atoms with Crippen LogP contribution in [0.3, 0.4) is 0 Å². The van der Waals surface area contributed by atoms with E-state index < -0.39 is 0 Å². The molecule has 0 radical (unpaired) electrons. The molecule has 1 aliphatic carbocycles. The molecular formula is C14H16INO. The van der Waals surface area contributed by atoms with E-state index in [0.717, 1.165) is 37.5 Å². The minimum atomic E-state index is 0.749. The molecule has 0 spiro atoms. The number of nitrogens with zero attached hydrogens (tertiary/aromatic N) is 1. The molecule has 1 saturated carbocycles. The van der Waals surface area contributed by atoms with Crippen LogP contribution in [0.5, 0.6) is 0 Å². The molecule has 0 amide bonds. The number of halogens is 1. The van der Waals surface area contributed by atoms with Crippen molar-refractivity contribution in [2.75, 3.05) is 13.2 Å². The summed E-state index contributed by atoms with van der Waals surface area (Å²) < 4.78 is 6.85. The van der Waals surface area contributed by atoms with Crippen LogP contribution in [0.1, 0.15) is 30.4 Å². The van der Waals surface area contributed by atoms with Crippen LogP contribution >= 0.6 is 22.6 Å². The molecule has 3 heteroatoms. The van der Waals surface area contributed by atoms with E-state index >= 15 is 0 Å². The van der Waals surface area contributed by atoms with E-state index in [1.165, 1.54) is 22.0 Å². The summed E-state index contributed by atoms with van der Waals surface area (Å²) in [5.74, 6) is 0.844. The fraction of sp³-hybridized carbons (Fsp3) is 0.500. The number of aryl methyl sites for hydroxylation is 1. The van der Waals surface area contributed by atoms with Crippen molar-refractivity contribution in [2.24, 2.45) is 5.92 Å². The monoisotopic (exact) mass is 341 g/mol. The van der Waals surface area contributed by atoms with Gasteiger partial charge in [-0.15, -0.1) is 0 Å². The highest BCUT2D eigenvalue weighted by molar-refractivity contribution is 14.1. The van der Waals surface area contributed by atoms with E-state index in [9.17, 15) is 0 Å². The molecule has 2 nitrogen and oxygen atoms in total. The Hall–Kier alpha value is -0.600. The van der Waals surface area contributed by atoms with Crippen LogP contribution in [0.25, 0.3) is 0 Å². The van der Waals surface area contributed by atoms with Crippen LogP contribution in [0.2, 0.25) is 0 Å². The summed E-state index contributed by atoms with van der Waals surface area (Å²) in [6, 6.07) is 8.06. The zero-order valence-electron chi connectivity index (χ0n) is 9.79. The highest BCUT2D eigenvalue weighted by Crippen LogP contribution is 2.28. The van der Waals surface area contributed by atoms with Gasteiger partial charge in [-0.2, -0.15) is 5.26 Å². The van der Waals surface area contributed by atoms with Gasteiger partial charge < -0.3 is 4.74 Å². The second-order valence-electron chi connectivity index (χ2n) is 4.54. The van der Waals surface area contributed by atoms with Crippen molar-refractivity contribution >= 4 is 22.6 Å². The van der Waals surface area contributed by atoms with E-state index in [4.69, 9.17) is 10.00 Å². The standard InChI is InChI=1S/C14H16INO/c15-14-6-5-12(9-16)8-13(14)2-1-7-17-10-11-3-4-11/h5-6,8,11H,1-4,7,10H2. The largest absolute Gasteiger partial charge is 0.381 e. The van der Waals surface area contributed by atoms with Gasteiger partial charge in [0.1, 0.15) is 0 Å². The Morgan fingerprint density at radius 2 is 2.24 bits per heavy atom. The lowest BCUT2D eigenvalue weighted by Gasteiger charge is -2.06. The van der Waals surface area contributed by atoms with Gasteiger partial charge in [0, 0.05) is 16.8 Å². The predicted octanol–water partition coefficient (Wildman–Crippen LogP) is 3.52. The Morgan fingerprint density at radius 1 is 1.41 bits per heavy atom. The third kappa shape index (κ3) is 4.29. The lowest BCUT2D eigenvalue weighted by molar-refractivity contribution is 0.122. The number of nitriles is 1. The van der Waals surface area contributed by atoms with Crippen molar-refractivity contribution in [1.29, 1.82) is 5.26 Å². The fourth-order valence-corrected chi connectivity index (χ4v) is 2.34. The molecular weight excluding hydrogens is 325 g/mol. The molecule has 17 heavy (non-hydrogen) atoms. The van der Waals surface area contributed by atoms with Crippen LogP contribution in [0, 0.1) is 20.8 Å². The molecule has 0 aromatic heterocycles. The van der Waals surface area contributed by atoms with Gasteiger partial charge in [0.05, 0.1) is 11.6 Å². The van der Waals surface area contributed by atoms with Crippen LogP contribution in [-0.4, -0.2) is 13.2 Å². The molecule has 1 fully saturated rings. The Labute approximate surface area is 116 Å². The fourth-order valence-electron chi connectivity index (χ4n) is 1.74. The van der Waals surface area contributed by atoms with E-state index in [1.54, 1.807) is 0 Å². The van der Waals surface area contributed by atoms with Gasteiger partial charge in [-0.05, 0) is 78.0 Å². The maximum absolute atomic E-state index is 8.85. The summed E-state index contributed by atoms with van der Waals surface area (Å²) in [7, 11) is 0. The lowest BCUT2D eigenvalue weighted by atomic mass is 10.1. The molecule has 90 valence electrons. The maximum atomic E-state index is 8.85. The van der Waals surface area contributed by atoms with Crippen LogP contribution < -0.4 is 0 Å². The zero-order chi connectivity index (χ0) is 12.1. The summed E-state index contributed by atoms with van der Waals surface area (Å²) >= 11 is 2.32. The first-order chi connectivity index (χ1) is 8.29. The maximum Gasteiger partial charge on any atom is 0.0991 e. The molecule has 0 bridgehead atoms. The molecule has 0 unspecified atom stereocenters. The molecule has 2 rings (SSSR count). The third-order valence-corrected chi connectivity index (χ3v) is 4.01. The van der Waals surface area contributed by atoms with Gasteiger partial charge in [-0.1, -0.05) is 0 Å². The molecule has 0 heterocycles. The summed E-state index contributed by atoms with van der Waals surface area (Å²) in [5.41, 5.74) is 2.01. The van der Waals surface area contributed by atoms with Gasteiger partial charge >= 0.3 is 0 Å². The SMILES string of the molecule is N#Cc1ccc(I)c(CCCOCC2CC2)c1. The van der Waals surface area contributed by atoms with Crippen LogP contribution in [0.4, 0.5) is 0 Å². The van der Waals surface area contributed by atoms with Crippen molar-refractivity contribution in [3.8, 4) is 6.07 Å². The van der Waals surface area contributed by atoms with E-state index in [0.29, 0.717) is 0 Å². The number of benzene rings is 1. The topological polar surface area (TPSA) is 33.0 Å². The van der Waals surface area contributed by atoms with E-state index in [-0.39, 0.29) is 0 Å². The molecule has 0 aliphatic heterocycles. The van der Waals surface area contributed by atoms with Crippen molar-refractivity contribution in [3.63, 3.8) is 0 Å². The van der Waals surface area contributed by atoms with Crippen molar-refractivity contribution in [3.05, 3.63) is 32.9 Å². The Balaban J connectivity index is 1.75. The number of rotatable bonds is 6. The Kier molecular flexibility index (Phi) is 4.81. The molecule has 1 aromatic carbocycles. The summed E-state index contributed by atoms with van der Waals surface area (Å²) in [6.07, 6.45) is 4.74. The van der Waals surface area contributed by atoms with E-state index in [2.05, 4.69) is 28.7 Å². The Bertz CT molecular complexity index is 421. The van der Waals surface area contributed by atoms with Gasteiger partial charge in [0.2, 0.25) is 0 Å². The summed E-state index contributed by atoms with van der Waals surface area (Å²) in [4.78, 5) is 0. The van der Waals surface area contributed by atoms with Gasteiger partial charge in [-0.3, -0.25) is 0 Å². The van der Waals surface area contributed by atoms with Crippen LogP contribution in [-0.2, 0) is 11.2 Å². The Morgan fingerprint density at radius 3 is 2.94 bits per heavy atom. The molecule has 0 saturated heterocycles. The molecule has 0 atom stereocenters. The second kappa shape index (κ2) is 6.36. The highest BCUT2D eigenvalue weighted by Gasteiger charge is 2.20. The van der Waals surface area contributed by atoms with E-state index in [1.807, 2.05) is 18.2 Å². The zero-order valence-corrected chi connectivity index (χ0v) is 11.9. The summed E-state index contributed by atoms with van der Waals surface area (Å²) in [6.45, 7) is 1.78. The molecule has 1 aliphatic rings. The first kappa shape index (κ1) is 12.8. The second-order valence-corrected chi connectivity index (χ2v) is 5.70. The quantitative estimate of drug-likeness (QED) is 0.586. The average Bonchev–Trinajstić information content (AvgIpc) is 3.15. The molecule has 1 aromatic rings. The van der Waals surface area contributed by atoms with Gasteiger partial charge in [0.15, 0.2) is 0 Å². The van der Waals surface area contributed by atoms with Crippen molar-refractivity contribution in [1.82, 2.24) is 0 Å². The van der Waals surface area contributed by atoms with Crippen molar-refractivity contribution < 1.29 is 4.74 Å². The number of hydrogen-bond acceptors (Lipinski definition) is 2. The predicted molar refractivity (Wildman–Crippen MR) is 75.7 cm³/mol. The van der Waals surface area contributed by atoms with Crippen molar-refractivity contribution in [2.45, 2.75) is 25.7 Å².